The van der Waals surface area contributed by atoms with Crippen LogP contribution in [0, 0.1) is 3.57 Å². The standard InChI is InChI=1S/C17H15IN2O/c18-15-3-2-14-11-19-20(16(14)10-15)7-5-12-1-4-17-13(9-12)6-8-21-17/h1-4,9-11H,5-8H2. The fourth-order valence-corrected chi connectivity index (χ4v) is 3.33. The molecule has 0 spiro atoms. The highest BCUT2D eigenvalue weighted by Crippen LogP contribution is 2.26. The first kappa shape index (κ1) is 13.1. The van der Waals surface area contributed by atoms with Crippen molar-refractivity contribution in [3.05, 3.63) is 57.3 Å². The van der Waals surface area contributed by atoms with Crippen LogP contribution in [0.25, 0.3) is 10.9 Å². The van der Waals surface area contributed by atoms with Crippen LogP contribution in [0.3, 0.4) is 0 Å². The van der Waals surface area contributed by atoms with Crippen molar-refractivity contribution in [2.75, 3.05) is 6.61 Å². The van der Waals surface area contributed by atoms with Crippen LogP contribution in [0.5, 0.6) is 5.75 Å². The number of halogens is 1. The van der Waals surface area contributed by atoms with E-state index in [4.69, 9.17) is 4.74 Å². The summed E-state index contributed by atoms with van der Waals surface area (Å²) in [5, 5.41) is 5.72. The van der Waals surface area contributed by atoms with Crippen LogP contribution in [0.1, 0.15) is 11.1 Å². The van der Waals surface area contributed by atoms with Gasteiger partial charge in [-0.25, -0.2) is 0 Å². The number of benzene rings is 2. The summed E-state index contributed by atoms with van der Waals surface area (Å²) < 4.78 is 8.90. The molecule has 4 rings (SSSR count). The third-order valence-electron chi connectivity index (χ3n) is 3.97. The molecule has 3 aromatic rings. The number of aryl methyl sites for hydroxylation is 2. The van der Waals surface area contributed by atoms with E-state index in [9.17, 15) is 0 Å². The number of nitrogens with zero attached hydrogens (tertiary/aromatic N) is 2. The number of rotatable bonds is 3. The summed E-state index contributed by atoms with van der Waals surface area (Å²) >= 11 is 2.35. The number of hydrogen-bond acceptors (Lipinski definition) is 2. The van der Waals surface area contributed by atoms with Crippen LogP contribution in [-0.2, 0) is 19.4 Å². The van der Waals surface area contributed by atoms with E-state index in [2.05, 4.69) is 68.8 Å². The highest BCUT2D eigenvalue weighted by atomic mass is 127. The lowest BCUT2D eigenvalue weighted by Crippen LogP contribution is -2.03. The number of ether oxygens (including phenoxy) is 1. The molecule has 3 nitrogen and oxygen atoms in total. The number of hydrogen-bond donors (Lipinski definition) is 0. The molecule has 1 aliphatic rings. The Kier molecular flexibility index (Phi) is 3.33. The van der Waals surface area contributed by atoms with Gasteiger partial charge in [-0.3, -0.25) is 4.68 Å². The molecule has 0 saturated heterocycles. The SMILES string of the molecule is Ic1ccc2cnn(CCc3ccc4c(c3)CCO4)c2c1. The molecule has 0 atom stereocenters. The average Bonchev–Trinajstić information content (AvgIpc) is 3.10. The molecule has 106 valence electrons. The molecule has 0 amide bonds. The van der Waals surface area contributed by atoms with E-state index in [-0.39, 0.29) is 0 Å². The van der Waals surface area contributed by atoms with Gasteiger partial charge >= 0.3 is 0 Å². The van der Waals surface area contributed by atoms with E-state index >= 15 is 0 Å². The second-order valence-electron chi connectivity index (χ2n) is 5.36. The minimum atomic E-state index is 0.820. The van der Waals surface area contributed by atoms with Gasteiger partial charge in [0.15, 0.2) is 0 Å². The molecule has 0 N–H and O–H groups in total. The third-order valence-corrected chi connectivity index (χ3v) is 4.64. The van der Waals surface area contributed by atoms with Gasteiger partial charge in [0.05, 0.1) is 18.3 Å². The Morgan fingerprint density at radius 2 is 2.14 bits per heavy atom. The van der Waals surface area contributed by atoms with E-state index in [1.165, 1.54) is 25.6 Å². The topological polar surface area (TPSA) is 27.1 Å². The van der Waals surface area contributed by atoms with Gasteiger partial charge in [-0.1, -0.05) is 18.2 Å². The minimum absolute atomic E-state index is 0.820. The Hall–Kier alpha value is -1.56. The highest BCUT2D eigenvalue weighted by Gasteiger charge is 2.12. The van der Waals surface area contributed by atoms with Crippen molar-refractivity contribution in [3.63, 3.8) is 0 Å². The molecule has 0 aliphatic carbocycles. The van der Waals surface area contributed by atoms with Crippen molar-refractivity contribution >= 4 is 33.5 Å². The van der Waals surface area contributed by atoms with E-state index in [1.54, 1.807) is 0 Å². The molecule has 0 bridgehead atoms. The molecule has 1 aromatic heterocycles. The average molecular weight is 390 g/mol. The maximum absolute atomic E-state index is 5.56. The maximum atomic E-state index is 5.56. The van der Waals surface area contributed by atoms with Crippen molar-refractivity contribution in [2.45, 2.75) is 19.4 Å². The lowest BCUT2D eigenvalue weighted by molar-refractivity contribution is 0.357. The van der Waals surface area contributed by atoms with Gasteiger partial charge in [-0.2, -0.15) is 5.10 Å². The summed E-state index contributed by atoms with van der Waals surface area (Å²) in [6.45, 7) is 1.73. The molecule has 4 heteroatoms. The van der Waals surface area contributed by atoms with Crippen molar-refractivity contribution in [3.8, 4) is 5.75 Å². The van der Waals surface area contributed by atoms with Gasteiger partial charge < -0.3 is 4.74 Å². The Bertz CT molecular complexity index is 810. The van der Waals surface area contributed by atoms with Crippen molar-refractivity contribution in [1.82, 2.24) is 9.78 Å². The largest absolute Gasteiger partial charge is 0.493 e. The van der Waals surface area contributed by atoms with E-state index in [1.807, 2.05) is 6.20 Å². The summed E-state index contributed by atoms with van der Waals surface area (Å²) in [6, 6.07) is 13.0. The molecule has 21 heavy (non-hydrogen) atoms. The zero-order valence-electron chi connectivity index (χ0n) is 11.6. The Balaban J connectivity index is 1.57. The first-order chi connectivity index (χ1) is 10.3. The van der Waals surface area contributed by atoms with Crippen LogP contribution in [0.15, 0.2) is 42.6 Å². The lowest BCUT2D eigenvalue weighted by atomic mass is 10.1. The summed E-state index contributed by atoms with van der Waals surface area (Å²) in [5.74, 6) is 1.05. The Labute approximate surface area is 137 Å². The predicted molar refractivity (Wildman–Crippen MR) is 91.8 cm³/mol. The van der Waals surface area contributed by atoms with E-state index in [0.717, 1.165) is 31.7 Å². The Morgan fingerprint density at radius 1 is 1.19 bits per heavy atom. The normalized spacial score (nSPS) is 13.4. The fourth-order valence-electron chi connectivity index (χ4n) is 2.85. The molecule has 0 radical (unpaired) electrons. The van der Waals surface area contributed by atoms with Gasteiger partial charge in [0.1, 0.15) is 5.75 Å². The molecular formula is C17H15IN2O. The molecule has 0 fully saturated rings. The first-order valence-electron chi connectivity index (χ1n) is 7.15. The number of fused-ring (bicyclic) bond motifs is 2. The van der Waals surface area contributed by atoms with Gasteiger partial charge in [0, 0.05) is 21.9 Å². The van der Waals surface area contributed by atoms with Crippen LogP contribution < -0.4 is 4.74 Å². The zero-order valence-corrected chi connectivity index (χ0v) is 13.7. The number of aromatic nitrogens is 2. The van der Waals surface area contributed by atoms with Crippen molar-refractivity contribution in [2.24, 2.45) is 0 Å². The zero-order chi connectivity index (χ0) is 14.2. The molecule has 2 aromatic carbocycles. The van der Waals surface area contributed by atoms with Crippen LogP contribution >= 0.6 is 22.6 Å². The summed E-state index contributed by atoms with van der Waals surface area (Å²) in [7, 11) is 0. The van der Waals surface area contributed by atoms with Crippen molar-refractivity contribution < 1.29 is 4.74 Å². The summed E-state index contributed by atoms with van der Waals surface area (Å²) in [4.78, 5) is 0. The van der Waals surface area contributed by atoms with Gasteiger partial charge in [-0.15, -0.1) is 0 Å². The Morgan fingerprint density at radius 3 is 3.10 bits per heavy atom. The molecule has 2 heterocycles. The second kappa shape index (κ2) is 5.33. The van der Waals surface area contributed by atoms with E-state index in [0.29, 0.717) is 0 Å². The summed E-state index contributed by atoms with van der Waals surface area (Å²) in [5.41, 5.74) is 3.91. The summed E-state index contributed by atoms with van der Waals surface area (Å²) in [6.07, 6.45) is 3.98. The van der Waals surface area contributed by atoms with Crippen LogP contribution in [0.2, 0.25) is 0 Å². The molecule has 0 unspecified atom stereocenters. The third kappa shape index (κ3) is 2.52. The van der Waals surface area contributed by atoms with Gasteiger partial charge in [0.25, 0.3) is 0 Å². The minimum Gasteiger partial charge on any atom is -0.493 e. The van der Waals surface area contributed by atoms with Gasteiger partial charge in [-0.05, 0) is 58.3 Å². The van der Waals surface area contributed by atoms with E-state index < -0.39 is 0 Å². The predicted octanol–water partition coefficient (Wildman–Crippen LogP) is 3.82. The second-order valence-corrected chi connectivity index (χ2v) is 6.61. The molecule has 0 saturated carbocycles. The smallest absolute Gasteiger partial charge is 0.122 e. The molecular weight excluding hydrogens is 375 g/mol. The first-order valence-corrected chi connectivity index (χ1v) is 8.23. The molecule has 1 aliphatic heterocycles. The quantitative estimate of drug-likeness (QED) is 0.636. The lowest BCUT2D eigenvalue weighted by Gasteiger charge is -2.06. The van der Waals surface area contributed by atoms with Crippen LogP contribution in [-0.4, -0.2) is 16.4 Å². The van der Waals surface area contributed by atoms with Crippen molar-refractivity contribution in [1.29, 1.82) is 0 Å². The fraction of sp³-hybridized carbons (Fsp3) is 0.235. The van der Waals surface area contributed by atoms with Crippen LogP contribution in [0.4, 0.5) is 0 Å². The van der Waals surface area contributed by atoms with Gasteiger partial charge in [0.2, 0.25) is 0 Å². The highest BCUT2D eigenvalue weighted by molar-refractivity contribution is 14.1. The maximum Gasteiger partial charge on any atom is 0.122 e. The monoisotopic (exact) mass is 390 g/mol.